The summed E-state index contributed by atoms with van der Waals surface area (Å²) in [5, 5.41) is 13.2. The Kier molecular flexibility index (Phi) is 2.44. The smallest absolute Gasteiger partial charge is 0.194 e. The van der Waals surface area contributed by atoms with Gasteiger partial charge >= 0.3 is 0 Å². The first kappa shape index (κ1) is 10.5. The van der Waals surface area contributed by atoms with Crippen molar-refractivity contribution in [3.05, 3.63) is 40.8 Å². The molecule has 0 amide bonds. The van der Waals surface area contributed by atoms with Crippen LogP contribution in [0.2, 0.25) is 0 Å². The highest BCUT2D eigenvalue weighted by atomic mass is 79.9. The highest BCUT2D eigenvalue weighted by Gasteiger charge is 2.05. The zero-order valence-electron chi connectivity index (χ0n) is 9.21. The van der Waals surface area contributed by atoms with Crippen molar-refractivity contribution in [2.24, 2.45) is 7.05 Å². The van der Waals surface area contributed by atoms with Crippen molar-refractivity contribution in [3.63, 3.8) is 0 Å². The van der Waals surface area contributed by atoms with Gasteiger partial charge in [0, 0.05) is 16.2 Å². The Balaban J connectivity index is 2.03. The van der Waals surface area contributed by atoms with Crippen molar-refractivity contribution in [1.82, 2.24) is 24.8 Å². The minimum absolute atomic E-state index is 0.633. The average molecular weight is 292 g/mol. The third kappa shape index (κ3) is 1.95. The van der Waals surface area contributed by atoms with E-state index in [0.717, 1.165) is 9.99 Å². The van der Waals surface area contributed by atoms with Crippen LogP contribution in [0.5, 0.6) is 0 Å². The van der Waals surface area contributed by atoms with Gasteiger partial charge in [-0.2, -0.15) is 4.80 Å². The Bertz CT molecular complexity index is 669. The van der Waals surface area contributed by atoms with Crippen molar-refractivity contribution in [3.8, 4) is 0 Å². The molecule has 0 aliphatic rings. The number of rotatable bonds is 2. The van der Waals surface area contributed by atoms with Gasteiger partial charge in [-0.1, -0.05) is 22.0 Å². The van der Waals surface area contributed by atoms with Gasteiger partial charge in [-0.25, -0.2) is 0 Å². The molecule has 0 spiro atoms. The second-order valence-corrected chi connectivity index (χ2v) is 4.76. The molecule has 0 N–H and O–H groups in total. The molecule has 5 nitrogen and oxygen atoms in total. The maximum Gasteiger partial charge on any atom is 0.194 e. The summed E-state index contributed by atoms with van der Waals surface area (Å²) in [6.45, 7) is 0.633. The molecule has 0 unspecified atom stereocenters. The fourth-order valence-electron chi connectivity index (χ4n) is 1.83. The number of hydrogen-bond acceptors (Lipinski definition) is 3. The normalized spacial score (nSPS) is 11.2. The number of hydrogen-bond donors (Lipinski definition) is 0. The summed E-state index contributed by atoms with van der Waals surface area (Å²) in [4.78, 5) is 1.47. The van der Waals surface area contributed by atoms with Crippen LogP contribution in [0, 0.1) is 0 Å². The van der Waals surface area contributed by atoms with Crippen LogP contribution in [0.1, 0.15) is 5.82 Å². The molecule has 0 radical (unpaired) electrons. The first-order valence-corrected chi connectivity index (χ1v) is 5.99. The first-order valence-electron chi connectivity index (χ1n) is 5.20. The van der Waals surface area contributed by atoms with Crippen LogP contribution in [0.25, 0.3) is 10.9 Å². The van der Waals surface area contributed by atoms with Crippen LogP contribution in [0.15, 0.2) is 34.9 Å². The third-order valence-corrected chi connectivity index (χ3v) is 3.09. The standard InChI is InChI=1S/C11H10BrN5/c1-16-14-11(13-15-16)7-17-5-4-8-2-3-9(12)6-10(8)17/h2-6H,7H2,1H3. The molecule has 0 atom stereocenters. The lowest BCUT2D eigenvalue weighted by Gasteiger charge is -2.01. The Morgan fingerprint density at radius 1 is 1.29 bits per heavy atom. The Morgan fingerprint density at radius 3 is 2.94 bits per heavy atom. The molecule has 1 aromatic carbocycles. The van der Waals surface area contributed by atoms with E-state index >= 15 is 0 Å². The molecule has 2 aromatic heterocycles. The predicted octanol–water partition coefficient (Wildman–Crippen LogP) is 1.98. The topological polar surface area (TPSA) is 48.5 Å². The van der Waals surface area contributed by atoms with Gasteiger partial charge in [0.1, 0.15) is 0 Å². The van der Waals surface area contributed by atoms with Gasteiger partial charge in [-0.3, -0.25) is 0 Å². The van der Waals surface area contributed by atoms with E-state index < -0.39 is 0 Å². The Labute approximate surface area is 106 Å². The van der Waals surface area contributed by atoms with Gasteiger partial charge < -0.3 is 4.57 Å². The fourth-order valence-corrected chi connectivity index (χ4v) is 2.18. The van der Waals surface area contributed by atoms with Crippen molar-refractivity contribution in [2.75, 3.05) is 0 Å². The second-order valence-electron chi connectivity index (χ2n) is 3.84. The fraction of sp³-hybridized carbons (Fsp3) is 0.182. The summed E-state index contributed by atoms with van der Waals surface area (Å²) >= 11 is 3.48. The average Bonchev–Trinajstić information content (AvgIpc) is 2.87. The summed E-state index contributed by atoms with van der Waals surface area (Å²) < 4.78 is 3.17. The van der Waals surface area contributed by atoms with E-state index in [1.807, 2.05) is 12.3 Å². The molecule has 2 heterocycles. The number of benzene rings is 1. The van der Waals surface area contributed by atoms with Crippen molar-refractivity contribution in [1.29, 1.82) is 0 Å². The second kappa shape index (κ2) is 3.96. The van der Waals surface area contributed by atoms with E-state index in [-0.39, 0.29) is 0 Å². The maximum absolute atomic E-state index is 4.18. The number of nitrogens with zero attached hydrogens (tertiary/aromatic N) is 5. The van der Waals surface area contributed by atoms with Crippen molar-refractivity contribution in [2.45, 2.75) is 6.54 Å². The lowest BCUT2D eigenvalue weighted by atomic mass is 10.2. The van der Waals surface area contributed by atoms with Gasteiger partial charge in [-0.05, 0) is 28.8 Å². The summed E-state index contributed by atoms with van der Waals surface area (Å²) in [6.07, 6.45) is 2.04. The predicted molar refractivity (Wildman–Crippen MR) is 67.5 cm³/mol. The monoisotopic (exact) mass is 291 g/mol. The molecule has 86 valence electrons. The number of halogens is 1. The summed E-state index contributed by atoms with van der Waals surface area (Å²) in [7, 11) is 1.76. The molecule has 0 saturated carbocycles. The molecule has 6 heteroatoms. The minimum Gasteiger partial charge on any atom is -0.340 e. The number of fused-ring (bicyclic) bond motifs is 1. The zero-order chi connectivity index (χ0) is 11.8. The van der Waals surface area contributed by atoms with Gasteiger partial charge in [0.25, 0.3) is 0 Å². The van der Waals surface area contributed by atoms with Crippen molar-refractivity contribution < 1.29 is 0 Å². The number of aryl methyl sites for hydroxylation is 1. The molecule has 17 heavy (non-hydrogen) atoms. The van der Waals surface area contributed by atoms with Gasteiger partial charge in [0.2, 0.25) is 0 Å². The van der Waals surface area contributed by atoms with Gasteiger partial charge in [0.15, 0.2) is 5.82 Å². The molecule has 0 saturated heterocycles. The van der Waals surface area contributed by atoms with Crippen LogP contribution in [-0.2, 0) is 13.6 Å². The molecular weight excluding hydrogens is 282 g/mol. The van der Waals surface area contributed by atoms with Crippen LogP contribution >= 0.6 is 15.9 Å². The molecule has 0 fully saturated rings. The van der Waals surface area contributed by atoms with E-state index in [4.69, 9.17) is 0 Å². The Hall–Kier alpha value is -1.69. The molecule has 3 rings (SSSR count). The quantitative estimate of drug-likeness (QED) is 0.725. The van der Waals surface area contributed by atoms with Crippen LogP contribution in [-0.4, -0.2) is 24.8 Å². The van der Waals surface area contributed by atoms with E-state index in [1.165, 1.54) is 10.2 Å². The SMILES string of the molecule is Cn1nnc(Cn2ccc3ccc(Br)cc32)n1. The molecule has 3 aromatic rings. The van der Waals surface area contributed by atoms with Gasteiger partial charge in [-0.15, -0.1) is 10.2 Å². The largest absolute Gasteiger partial charge is 0.340 e. The molecule has 0 bridgehead atoms. The lowest BCUT2D eigenvalue weighted by Crippen LogP contribution is -2.00. The van der Waals surface area contributed by atoms with E-state index in [1.54, 1.807) is 7.05 Å². The summed E-state index contributed by atoms with van der Waals surface area (Å²) in [6, 6.07) is 8.29. The van der Waals surface area contributed by atoms with E-state index in [2.05, 4.69) is 54.1 Å². The Morgan fingerprint density at radius 2 is 2.18 bits per heavy atom. The van der Waals surface area contributed by atoms with Crippen LogP contribution in [0.4, 0.5) is 0 Å². The van der Waals surface area contributed by atoms with E-state index in [0.29, 0.717) is 12.4 Å². The van der Waals surface area contributed by atoms with Crippen LogP contribution in [0.3, 0.4) is 0 Å². The van der Waals surface area contributed by atoms with Gasteiger partial charge in [0.05, 0.1) is 13.6 Å². The van der Waals surface area contributed by atoms with Crippen molar-refractivity contribution >= 4 is 26.8 Å². The number of aromatic nitrogens is 5. The number of tetrazole rings is 1. The highest BCUT2D eigenvalue weighted by molar-refractivity contribution is 9.10. The zero-order valence-corrected chi connectivity index (χ0v) is 10.8. The third-order valence-electron chi connectivity index (χ3n) is 2.60. The first-order chi connectivity index (χ1) is 8.22. The van der Waals surface area contributed by atoms with E-state index in [9.17, 15) is 0 Å². The highest BCUT2D eigenvalue weighted by Crippen LogP contribution is 2.21. The lowest BCUT2D eigenvalue weighted by molar-refractivity contribution is 0.626. The summed E-state index contributed by atoms with van der Waals surface area (Å²) in [5.74, 6) is 0.713. The minimum atomic E-state index is 0.633. The molecule has 0 aliphatic carbocycles. The maximum atomic E-state index is 4.18. The van der Waals surface area contributed by atoms with Crippen LogP contribution < -0.4 is 0 Å². The summed E-state index contributed by atoms with van der Waals surface area (Å²) in [5.41, 5.74) is 1.16. The molecular formula is C11H10BrN5. The molecule has 0 aliphatic heterocycles.